The molecule has 1 aliphatic rings. The molecule has 0 bridgehead atoms. The Morgan fingerprint density at radius 1 is 1.24 bits per heavy atom. The molecule has 2 aromatic heterocycles. The summed E-state index contributed by atoms with van der Waals surface area (Å²) in [7, 11) is 2.12. The Morgan fingerprint density at radius 3 is 2.80 bits per heavy atom. The predicted molar refractivity (Wildman–Crippen MR) is 96.9 cm³/mol. The van der Waals surface area contributed by atoms with Gasteiger partial charge in [0.05, 0.1) is 5.56 Å². The van der Waals surface area contributed by atoms with E-state index in [1.54, 1.807) is 12.3 Å². The van der Waals surface area contributed by atoms with E-state index >= 15 is 0 Å². The first-order valence-corrected chi connectivity index (χ1v) is 8.48. The van der Waals surface area contributed by atoms with E-state index in [1.807, 2.05) is 30.5 Å². The van der Waals surface area contributed by atoms with Gasteiger partial charge < -0.3 is 15.3 Å². The zero-order chi connectivity index (χ0) is 17.6. The zero-order valence-electron chi connectivity index (χ0n) is 14.7. The Morgan fingerprint density at radius 2 is 2.08 bits per heavy atom. The van der Waals surface area contributed by atoms with Crippen molar-refractivity contribution in [3.8, 4) is 17.1 Å². The molecule has 1 aromatic carbocycles. The first kappa shape index (κ1) is 15.8. The normalized spacial score (nSPS) is 18.1. The molecule has 3 aromatic rings. The third-order valence-corrected chi connectivity index (χ3v) is 4.74. The monoisotopic (exact) mass is 338 g/mol. The summed E-state index contributed by atoms with van der Waals surface area (Å²) in [4.78, 5) is 6.73. The summed E-state index contributed by atoms with van der Waals surface area (Å²) in [6, 6.07) is 4.12. The van der Waals surface area contributed by atoms with Gasteiger partial charge in [-0.25, -0.2) is 4.98 Å². The number of rotatable bonds is 3. The van der Waals surface area contributed by atoms with Crippen LogP contribution in [0.15, 0.2) is 24.5 Å². The molecule has 1 fully saturated rings. The highest BCUT2D eigenvalue weighted by Gasteiger charge is 2.22. The highest BCUT2D eigenvalue weighted by Crippen LogP contribution is 2.33. The SMILES string of the molecule is Cc1cc(C)c(-c2nnc(N[C@@H]3CCN(C)C3)c3nccn23)c(O)c1. The van der Waals surface area contributed by atoms with E-state index in [2.05, 4.69) is 32.4 Å². The van der Waals surface area contributed by atoms with Crippen molar-refractivity contribution in [2.45, 2.75) is 26.3 Å². The molecule has 7 nitrogen and oxygen atoms in total. The largest absolute Gasteiger partial charge is 0.507 e. The van der Waals surface area contributed by atoms with Gasteiger partial charge >= 0.3 is 0 Å². The van der Waals surface area contributed by atoms with Crippen LogP contribution < -0.4 is 5.32 Å². The van der Waals surface area contributed by atoms with Crippen LogP contribution in [0, 0.1) is 13.8 Å². The second-order valence-electron chi connectivity index (χ2n) is 6.86. The van der Waals surface area contributed by atoms with Crippen LogP contribution >= 0.6 is 0 Å². The lowest BCUT2D eigenvalue weighted by Gasteiger charge is -2.15. The molecule has 25 heavy (non-hydrogen) atoms. The van der Waals surface area contributed by atoms with E-state index in [4.69, 9.17) is 0 Å². The lowest BCUT2D eigenvalue weighted by molar-refractivity contribution is 0.414. The number of nitrogens with zero attached hydrogens (tertiary/aromatic N) is 5. The Bertz CT molecular complexity index is 911. The highest BCUT2D eigenvalue weighted by molar-refractivity contribution is 5.73. The number of aromatic nitrogens is 4. The number of phenols is 1. The van der Waals surface area contributed by atoms with Crippen molar-refractivity contribution >= 4 is 11.5 Å². The van der Waals surface area contributed by atoms with Gasteiger partial charge in [-0.1, -0.05) is 6.07 Å². The van der Waals surface area contributed by atoms with Gasteiger partial charge in [-0.3, -0.25) is 4.40 Å². The molecule has 130 valence electrons. The maximum atomic E-state index is 10.4. The molecule has 0 radical (unpaired) electrons. The number of hydrogen-bond donors (Lipinski definition) is 2. The van der Waals surface area contributed by atoms with E-state index in [1.165, 1.54) is 0 Å². The number of likely N-dealkylation sites (N-methyl/N-ethyl adjacent to an activating group) is 1. The number of hydrogen-bond acceptors (Lipinski definition) is 6. The zero-order valence-corrected chi connectivity index (χ0v) is 14.7. The Balaban J connectivity index is 1.78. The van der Waals surface area contributed by atoms with E-state index in [0.29, 0.717) is 23.2 Å². The maximum Gasteiger partial charge on any atom is 0.192 e. The third-order valence-electron chi connectivity index (χ3n) is 4.74. The van der Waals surface area contributed by atoms with Crippen LogP contribution in [0.1, 0.15) is 17.5 Å². The summed E-state index contributed by atoms with van der Waals surface area (Å²) >= 11 is 0. The van der Waals surface area contributed by atoms with E-state index in [-0.39, 0.29) is 5.75 Å². The highest BCUT2D eigenvalue weighted by atomic mass is 16.3. The summed E-state index contributed by atoms with van der Waals surface area (Å²) in [6.45, 7) is 5.98. The van der Waals surface area contributed by atoms with Gasteiger partial charge in [-0.2, -0.15) is 0 Å². The second kappa shape index (κ2) is 6.00. The minimum atomic E-state index is 0.208. The molecule has 3 heterocycles. The van der Waals surface area contributed by atoms with Crippen LogP contribution in [0.3, 0.4) is 0 Å². The minimum absolute atomic E-state index is 0.208. The molecule has 1 saturated heterocycles. The number of imidazole rings is 1. The van der Waals surface area contributed by atoms with Crippen LogP contribution in [0.25, 0.3) is 17.0 Å². The smallest absolute Gasteiger partial charge is 0.192 e. The summed E-state index contributed by atoms with van der Waals surface area (Å²) < 4.78 is 1.88. The van der Waals surface area contributed by atoms with E-state index in [9.17, 15) is 5.11 Å². The lowest BCUT2D eigenvalue weighted by Crippen LogP contribution is -2.24. The van der Waals surface area contributed by atoms with Gasteiger partial charge in [-0.05, 0) is 51.1 Å². The number of anilines is 1. The van der Waals surface area contributed by atoms with Crippen LogP contribution in [-0.4, -0.2) is 55.8 Å². The van der Waals surface area contributed by atoms with E-state index < -0.39 is 0 Å². The maximum absolute atomic E-state index is 10.4. The van der Waals surface area contributed by atoms with Gasteiger partial charge in [0, 0.05) is 25.0 Å². The molecule has 1 aliphatic heterocycles. The average Bonchev–Trinajstić information content (AvgIpc) is 3.17. The fourth-order valence-corrected chi connectivity index (χ4v) is 3.59. The molecule has 0 unspecified atom stereocenters. The van der Waals surface area contributed by atoms with Crippen LogP contribution in [0.5, 0.6) is 5.75 Å². The number of nitrogens with one attached hydrogen (secondary N) is 1. The Hall–Kier alpha value is -2.67. The molecule has 0 aliphatic carbocycles. The fourth-order valence-electron chi connectivity index (χ4n) is 3.59. The van der Waals surface area contributed by atoms with Crippen LogP contribution in [-0.2, 0) is 0 Å². The van der Waals surface area contributed by atoms with Crippen LogP contribution in [0.2, 0.25) is 0 Å². The van der Waals surface area contributed by atoms with Crippen molar-refractivity contribution in [3.63, 3.8) is 0 Å². The second-order valence-corrected chi connectivity index (χ2v) is 6.86. The molecule has 1 atom stereocenters. The minimum Gasteiger partial charge on any atom is -0.507 e. The van der Waals surface area contributed by atoms with Gasteiger partial charge in [0.1, 0.15) is 5.75 Å². The fraction of sp³-hybridized carbons (Fsp3) is 0.389. The van der Waals surface area contributed by atoms with Crippen molar-refractivity contribution in [2.75, 3.05) is 25.5 Å². The topological polar surface area (TPSA) is 78.6 Å². The number of aryl methyl sites for hydroxylation is 2. The van der Waals surface area contributed by atoms with E-state index in [0.717, 1.165) is 36.3 Å². The number of phenolic OH excluding ortho intramolecular Hbond substituents is 1. The summed E-state index contributed by atoms with van der Waals surface area (Å²) in [5.74, 6) is 1.48. The van der Waals surface area contributed by atoms with Crippen molar-refractivity contribution in [3.05, 3.63) is 35.7 Å². The molecular formula is C18H22N6O. The quantitative estimate of drug-likeness (QED) is 0.762. The summed E-state index contributed by atoms with van der Waals surface area (Å²) in [6.07, 6.45) is 4.66. The van der Waals surface area contributed by atoms with Gasteiger partial charge in [0.2, 0.25) is 0 Å². The standard InChI is InChI=1S/C18H22N6O/c1-11-8-12(2)15(14(25)9-11)17-22-21-16(18-19-5-7-24(17)18)20-13-4-6-23(3)10-13/h5,7-9,13,25H,4,6,10H2,1-3H3,(H,20,21)/t13-/m1/s1. The number of benzene rings is 1. The van der Waals surface area contributed by atoms with Gasteiger partial charge in [-0.15, -0.1) is 10.2 Å². The lowest BCUT2D eigenvalue weighted by atomic mass is 10.0. The average molecular weight is 338 g/mol. The molecule has 0 saturated carbocycles. The Kier molecular flexibility index (Phi) is 3.80. The Labute approximate surface area is 146 Å². The number of aromatic hydroxyl groups is 1. The number of likely N-dealkylation sites (tertiary alicyclic amines) is 1. The molecule has 4 rings (SSSR count). The summed E-state index contributed by atoms with van der Waals surface area (Å²) in [5, 5.41) is 22.7. The van der Waals surface area contributed by atoms with Crippen molar-refractivity contribution in [2.24, 2.45) is 0 Å². The molecule has 0 amide bonds. The third kappa shape index (κ3) is 2.80. The molecular weight excluding hydrogens is 316 g/mol. The first-order valence-electron chi connectivity index (χ1n) is 8.48. The molecule has 0 spiro atoms. The molecule has 2 N–H and O–H groups in total. The molecule has 7 heteroatoms. The van der Waals surface area contributed by atoms with Crippen molar-refractivity contribution in [1.82, 2.24) is 24.5 Å². The predicted octanol–water partition coefficient (Wildman–Crippen LogP) is 2.23. The summed E-state index contributed by atoms with van der Waals surface area (Å²) in [5.41, 5.74) is 3.38. The first-order chi connectivity index (χ1) is 12.0. The van der Waals surface area contributed by atoms with Crippen LogP contribution in [0.4, 0.5) is 5.82 Å². The van der Waals surface area contributed by atoms with Crippen molar-refractivity contribution in [1.29, 1.82) is 0 Å². The van der Waals surface area contributed by atoms with Gasteiger partial charge in [0.15, 0.2) is 17.3 Å². The van der Waals surface area contributed by atoms with Gasteiger partial charge in [0.25, 0.3) is 0 Å². The number of fused-ring (bicyclic) bond motifs is 1. The van der Waals surface area contributed by atoms with Crippen molar-refractivity contribution < 1.29 is 5.11 Å².